The van der Waals surface area contributed by atoms with Crippen LogP contribution >= 0.6 is 0 Å². The third-order valence-electron chi connectivity index (χ3n) is 3.04. The van der Waals surface area contributed by atoms with Gasteiger partial charge in [-0.2, -0.15) is 0 Å². The number of hydrogen-bond acceptors (Lipinski definition) is 4. The molecule has 1 aromatic carbocycles. The normalized spacial score (nSPS) is 11.6. The van der Waals surface area contributed by atoms with Crippen LogP contribution < -0.4 is 15.2 Å². The van der Waals surface area contributed by atoms with Crippen LogP contribution in [0.2, 0.25) is 0 Å². The second-order valence-electron chi connectivity index (χ2n) is 4.87. The Kier molecular flexibility index (Phi) is 4.23. The molecule has 0 aliphatic heterocycles. The summed E-state index contributed by atoms with van der Waals surface area (Å²) in [4.78, 5) is 2.11. The Bertz CT molecular complexity index is 376. The number of rotatable bonds is 5. The zero-order chi connectivity index (χ0) is 13.1. The zero-order valence-electron chi connectivity index (χ0n) is 11.3. The van der Waals surface area contributed by atoms with Gasteiger partial charge in [-0.25, -0.2) is 0 Å². The van der Waals surface area contributed by atoms with E-state index in [2.05, 4.69) is 18.7 Å². The lowest BCUT2D eigenvalue weighted by Gasteiger charge is -2.32. The first kappa shape index (κ1) is 13.6. The summed E-state index contributed by atoms with van der Waals surface area (Å²) < 4.78 is 10.9. The zero-order valence-corrected chi connectivity index (χ0v) is 11.3. The first-order valence-corrected chi connectivity index (χ1v) is 5.61. The van der Waals surface area contributed by atoms with Crippen molar-refractivity contribution in [3.05, 3.63) is 18.2 Å². The van der Waals surface area contributed by atoms with Crippen LogP contribution in [-0.4, -0.2) is 38.3 Å². The van der Waals surface area contributed by atoms with E-state index >= 15 is 0 Å². The van der Waals surface area contributed by atoms with E-state index in [-0.39, 0.29) is 5.54 Å². The van der Waals surface area contributed by atoms with Gasteiger partial charge in [-0.05, 0) is 40.1 Å². The molecule has 2 N–H and O–H groups in total. The molecule has 0 saturated heterocycles. The minimum atomic E-state index is -0.0461. The molecule has 1 aromatic rings. The molecule has 0 aromatic heterocycles. The van der Waals surface area contributed by atoms with E-state index in [0.717, 1.165) is 0 Å². The van der Waals surface area contributed by atoms with Gasteiger partial charge >= 0.3 is 0 Å². The van der Waals surface area contributed by atoms with Gasteiger partial charge in [0.2, 0.25) is 0 Å². The number of hydrogen-bond donors (Lipinski definition) is 1. The molecule has 1 rings (SSSR count). The molecule has 0 amide bonds. The average Bonchev–Trinajstić information content (AvgIpc) is 2.27. The fourth-order valence-corrected chi connectivity index (χ4v) is 1.21. The number of nitrogens with zero attached hydrogens (tertiary/aromatic N) is 1. The van der Waals surface area contributed by atoms with Crippen LogP contribution in [0.4, 0.5) is 5.69 Å². The third-order valence-corrected chi connectivity index (χ3v) is 3.04. The molecule has 0 radical (unpaired) electrons. The molecule has 0 heterocycles. The van der Waals surface area contributed by atoms with Gasteiger partial charge in [0.25, 0.3) is 0 Å². The van der Waals surface area contributed by atoms with Crippen LogP contribution in [0.5, 0.6) is 11.5 Å². The summed E-state index contributed by atoms with van der Waals surface area (Å²) in [6.07, 6.45) is 0. The van der Waals surface area contributed by atoms with E-state index in [0.29, 0.717) is 23.8 Å². The summed E-state index contributed by atoms with van der Waals surface area (Å²) in [6.45, 7) is 4.80. The maximum atomic E-state index is 5.94. The summed E-state index contributed by atoms with van der Waals surface area (Å²) in [5.74, 6) is 1.31. The molecule has 0 aliphatic rings. The number of likely N-dealkylation sites (N-methyl/N-ethyl adjacent to an activating group) is 1. The number of para-hydroxylation sites is 1. The molecular weight excluding hydrogens is 216 g/mol. The van der Waals surface area contributed by atoms with Gasteiger partial charge in [-0.15, -0.1) is 0 Å². The highest BCUT2D eigenvalue weighted by Crippen LogP contribution is 2.31. The van der Waals surface area contributed by atoms with Crippen molar-refractivity contribution in [3.8, 4) is 11.5 Å². The van der Waals surface area contributed by atoms with Crippen LogP contribution in [0.15, 0.2) is 18.2 Å². The number of benzene rings is 1. The lowest BCUT2D eigenvalue weighted by atomic mass is 10.1. The maximum Gasteiger partial charge on any atom is 0.146 e. The highest BCUT2D eigenvalue weighted by Gasteiger charge is 2.22. The van der Waals surface area contributed by atoms with Crippen LogP contribution in [0.25, 0.3) is 0 Å². The third kappa shape index (κ3) is 3.27. The molecule has 0 unspecified atom stereocenters. The smallest absolute Gasteiger partial charge is 0.146 e. The van der Waals surface area contributed by atoms with Gasteiger partial charge in [0.15, 0.2) is 0 Å². The van der Waals surface area contributed by atoms with Crippen molar-refractivity contribution in [1.29, 1.82) is 0 Å². The molecule has 17 heavy (non-hydrogen) atoms. The van der Waals surface area contributed by atoms with Crippen molar-refractivity contribution in [2.75, 3.05) is 33.5 Å². The minimum Gasteiger partial charge on any atom is -0.494 e. The highest BCUT2D eigenvalue weighted by atomic mass is 16.5. The van der Waals surface area contributed by atoms with E-state index < -0.39 is 0 Å². The van der Waals surface area contributed by atoms with Crippen LogP contribution in [-0.2, 0) is 0 Å². The van der Waals surface area contributed by atoms with Gasteiger partial charge in [0, 0.05) is 5.54 Å². The molecule has 96 valence electrons. The molecular formula is C13H22N2O2. The van der Waals surface area contributed by atoms with Crippen LogP contribution in [0.1, 0.15) is 13.8 Å². The Morgan fingerprint density at radius 2 is 1.82 bits per heavy atom. The molecule has 0 atom stereocenters. The molecule has 0 saturated carbocycles. The fourth-order valence-electron chi connectivity index (χ4n) is 1.21. The van der Waals surface area contributed by atoms with Crippen molar-refractivity contribution in [1.82, 2.24) is 4.90 Å². The van der Waals surface area contributed by atoms with E-state index in [1.165, 1.54) is 0 Å². The second kappa shape index (κ2) is 5.27. The Labute approximate surface area is 103 Å². The predicted molar refractivity (Wildman–Crippen MR) is 70.7 cm³/mol. The van der Waals surface area contributed by atoms with Gasteiger partial charge in [0.05, 0.1) is 7.11 Å². The highest BCUT2D eigenvalue weighted by molar-refractivity contribution is 5.62. The van der Waals surface area contributed by atoms with Gasteiger partial charge in [0.1, 0.15) is 23.8 Å². The number of nitrogens with two attached hydrogens (primary N) is 1. The predicted octanol–water partition coefficient (Wildman–Crippen LogP) is 2.00. The molecule has 0 bridgehead atoms. The average molecular weight is 238 g/mol. The summed E-state index contributed by atoms with van der Waals surface area (Å²) in [7, 11) is 5.65. The molecule has 4 heteroatoms. The van der Waals surface area contributed by atoms with Crippen molar-refractivity contribution < 1.29 is 9.47 Å². The van der Waals surface area contributed by atoms with Crippen LogP contribution in [0, 0.1) is 0 Å². The Morgan fingerprint density at radius 1 is 1.24 bits per heavy atom. The van der Waals surface area contributed by atoms with Gasteiger partial charge < -0.3 is 20.1 Å². The molecule has 0 fully saturated rings. The van der Waals surface area contributed by atoms with Crippen molar-refractivity contribution in [2.24, 2.45) is 0 Å². The quantitative estimate of drug-likeness (QED) is 0.797. The van der Waals surface area contributed by atoms with E-state index in [9.17, 15) is 0 Å². The van der Waals surface area contributed by atoms with Crippen molar-refractivity contribution >= 4 is 5.69 Å². The fraction of sp³-hybridized carbons (Fsp3) is 0.538. The summed E-state index contributed by atoms with van der Waals surface area (Å²) in [5, 5.41) is 0. The number of ether oxygens (including phenoxy) is 2. The van der Waals surface area contributed by atoms with Crippen molar-refractivity contribution in [3.63, 3.8) is 0 Å². The first-order chi connectivity index (χ1) is 7.88. The molecule has 0 spiro atoms. The number of nitrogen functional groups attached to an aromatic ring is 1. The second-order valence-corrected chi connectivity index (χ2v) is 4.87. The monoisotopic (exact) mass is 238 g/mol. The van der Waals surface area contributed by atoms with E-state index in [4.69, 9.17) is 15.2 Å². The number of anilines is 1. The Balaban J connectivity index is 2.76. The Morgan fingerprint density at radius 3 is 2.35 bits per heavy atom. The summed E-state index contributed by atoms with van der Waals surface area (Å²) in [5.41, 5.74) is 6.44. The Hall–Kier alpha value is -1.42. The van der Waals surface area contributed by atoms with Crippen LogP contribution in [0.3, 0.4) is 0 Å². The van der Waals surface area contributed by atoms with Gasteiger partial charge in [-0.3, -0.25) is 0 Å². The standard InChI is InChI=1S/C13H22N2O2/c1-13(2,15(3)4)9-17-11-8-6-7-10(16-5)12(11)14/h6-8H,9,14H2,1-5H3. The minimum absolute atomic E-state index is 0.0461. The van der Waals surface area contributed by atoms with Crippen molar-refractivity contribution in [2.45, 2.75) is 19.4 Å². The maximum absolute atomic E-state index is 5.94. The van der Waals surface area contributed by atoms with E-state index in [1.54, 1.807) is 7.11 Å². The molecule has 0 aliphatic carbocycles. The lowest BCUT2D eigenvalue weighted by molar-refractivity contribution is 0.114. The topological polar surface area (TPSA) is 47.7 Å². The van der Waals surface area contributed by atoms with E-state index in [1.807, 2.05) is 32.3 Å². The molecule has 4 nitrogen and oxygen atoms in total. The number of methoxy groups -OCH3 is 1. The SMILES string of the molecule is COc1cccc(OCC(C)(C)N(C)C)c1N. The largest absolute Gasteiger partial charge is 0.494 e. The van der Waals surface area contributed by atoms with Gasteiger partial charge in [-0.1, -0.05) is 6.07 Å². The lowest BCUT2D eigenvalue weighted by Crippen LogP contribution is -2.43. The summed E-state index contributed by atoms with van der Waals surface area (Å²) >= 11 is 0. The first-order valence-electron chi connectivity index (χ1n) is 5.61. The summed E-state index contributed by atoms with van der Waals surface area (Å²) in [6, 6.07) is 5.54.